The average Bonchev–Trinajstić information content (AvgIpc) is 3.04. The number of nitrogens with two attached hydrogens (primary N) is 1. The quantitative estimate of drug-likeness (QED) is 0.396. The predicted octanol–water partition coefficient (Wildman–Crippen LogP) is 1.17. The number of rotatable bonds is 10. The average molecular weight is 456 g/mol. The Balaban J connectivity index is 2.11. The van der Waals surface area contributed by atoms with Crippen molar-refractivity contribution in [2.75, 3.05) is 51.9 Å². The first-order valence-electron chi connectivity index (χ1n) is 10.1. The number of nitrogens with zero attached hydrogens (tertiary/aromatic N) is 1. The molecular weight excluding hydrogens is 426 g/mol. The molecule has 10 nitrogen and oxygen atoms in total. The largest absolute Gasteiger partial charge is 0.462 e. The smallest absolute Gasteiger partial charge is 0.348 e. The molecule has 1 saturated heterocycles. The van der Waals surface area contributed by atoms with Gasteiger partial charge in [-0.1, -0.05) is 0 Å². The summed E-state index contributed by atoms with van der Waals surface area (Å²) in [7, 11) is 1.49. The molecule has 31 heavy (non-hydrogen) atoms. The number of amides is 2. The van der Waals surface area contributed by atoms with Crippen LogP contribution in [0.25, 0.3) is 0 Å². The van der Waals surface area contributed by atoms with Gasteiger partial charge in [-0.15, -0.1) is 11.3 Å². The number of methoxy groups -OCH3 is 1. The topological polar surface area (TPSA) is 137 Å². The van der Waals surface area contributed by atoms with Crippen molar-refractivity contribution in [3.05, 3.63) is 16.0 Å². The van der Waals surface area contributed by atoms with Gasteiger partial charge in [-0.2, -0.15) is 0 Å². The molecule has 172 valence electrons. The molecule has 0 spiro atoms. The summed E-state index contributed by atoms with van der Waals surface area (Å²) in [5.41, 5.74) is 5.88. The molecule has 1 aromatic rings. The second-order valence-corrected chi connectivity index (χ2v) is 8.13. The summed E-state index contributed by atoms with van der Waals surface area (Å²) in [6.07, 6.45) is 1.21. The summed E-state index contributed by atoms with van der Waals surface area (Å²) < 4.78 is 15.1. The molecule has 1 aliphatic rings. The Kier molecular flexibility index (Phi) is 9.41. The third-order valence-electron chi connectivity index (χ3n) is 4.94. The molecule has 0 aromatic carbocycles. The lowest BCUT2D eigenvalue weighted by Crippen LogP contribution is -2.42. The fraction of sp³-hybridized carbons (Fsp3) is 0.600. The van der Waals surface area contributed by atoms with Crippen LogP contribution in [0.4, 0.5) is 5.00 Å². The molecule has 1 fully saturated rings. The summed E-state index contributed by atoms with van der Waals surface area (Å²) in [4.78, 5) is 50.9. The van der Waals surface area contributed by atoms with Gasteiger partial charge in [0.1, 0.15) is 16.5 Å². The van der Waals surface area contributed by atoms with Crippen LogP contribution in [0.2, 0.25) is 0 Å². The van der Waals surface area contributed by atoms with Crippen LogP contribution in [-0.2, 0) is 23.8 Å². The number of hydrogen-bond acceptors (Lipinski definition) is 9. The molecule has 0 atom stereocenters. The lowest BCUT2D eigenvalue weighted by atomic mass is 9.96. The Bertz CT molecular complexity index is 816. The summed E-state index contributed by atoms with van der Waals surface area (Å²) >= 11 is 0.973. The number of thiophene rings is 1. The van der Waals surface area contributed by atoms with E-state index in [0.29, 0.717) is 31.5 Å². The Hall–Kier alpha value is -2.50. The standard InChI is InChI=1S/C20H29N3O7S/c1-4-29-19(26)15-12(2)16(20(27)30-10-9-28-3)31-18(15)22-14(24)11-23-7-5-13(6-8-23)17(21)25/h13H,4-11H2,1-3H3,(H2,21,25)(H,22,24). The number of likely N-dealkylation sites (tertiary alicyclic amines) is 1. The van der Waals surface area contributed by atoms with Crippen molar-refractivity contribution in [3.63, 3.8) is 0 Å². The maximum absolute atomic E-state index is 12.6. The Morgan fingerprint density at radius 2 is 1.81 bits per heavy atom. The van der Waals surface area contributed by atoms with E-state index in [0.717, 1.165) is 11.3 Å². The first kappa shape index (κ1) is 24.8. The number of piperidine rings is 1. The maximum Gasteiger partial charge on any atom is 0.348 e. The first-order chi connectivity index (χ1) is 14.8. The molecule has 1 aromatic heterocycles. The SMILES string of the molecule is CCOC(=O)c1c(NC(=O)CN2CCC(C(N)=O)CC2)sc(C(=O)OCCOC)c1C. The summed E-state index contributed by atoms with van der Waals surface area (Å²) in [6, 6.07) is 0. The first-order valence-corrected chi connectivity index (χ1v) is 10.9. The summed E-state index contributed by atoms with van der Waals surface area (Å²) in [5.74, 6) is -2.03. The Morgan fingerprint density at radius 1 is 1.13 bits per heavy atom. The van der Waals surface area contributed by atoms with Gasteiger partial charge in [0.05, 0.1) is 25.3 Å². The minimum atomic E-state index is -0.621. The Labute approximate surface area is 185 Å². The number of esters is 2. The van der Waals surface area contributed by atoms with E-state index in [1.54, 1.807) is 13.8 Å². The predicted molar refractivity (Wildman–Crippen MR) is 114 cm³/mol. The van der Waals surface area contributed by atoms with E-state index in [1.165, 1.54) is 7.11 Å². The van der Waals surface area contributed by atoms with Crippen molar-refractivity contribution in [1.82, 2.24) is 4.90 Å². The van der Waals surface area contributed by atoms with E-state index in [1.807, 2.05) is 4.90 Å². The van der Waals surface area contributed by atoms with E-state index in [-0.39, 0.29) is 59.5 Å². The lowest BCUT2D eigenvalue weighted by Gasteiger charge is -2.29. The maximum atomic E-state index is 12.6. The van der Waals surface area contributed by atoms with Crippen molar-refractivity contribution in [2.45, 2.75) is 26.7 Å². The van der Waals surface area contributed by atoms with Gasteiger partial charge in [0.2, 0.25) is 11.8 Å². The van der Waals surface area contributed by atoms with Crippen LogP contribution in [0.1, 0.15) is 45.4 Å². The van der Waals surface area contributed by atoms with E-state index < -0.39 is 11.9 Å². The third-order valence-corrected chi connectivity index (χ3v) is 6.13. The van der Waals surface area contributed by atoms with Crippen LogP contribution in [0.3, 0.4) is 0 Å². The van der Waals surface area contributed by atoms with Gasteiger partial charge < -0.3 is 25.3 Å². The van der Waals surface area contributed by atoms with Crippen LogP contribution in [0.15, 0.2) is 0 Å². The normalized spacial score (nSPS) is 14.8. The van der Waals surface area contributed by atoms with E-state index in [9.17, 15) is 19.2 Å². The molecule has 0 unspecified atom stereocenters. The van der Waals surface area contributed by atoms with Gasteiger partial charge >= 0.3 is 11.9 Å². The van der Waals surface area contributed by atoms with Gasteiger partial charge in [0, 0.05) is 13.0 Å². The number of carbonyl (C=O) groups excluding carboxylic acids is 4. The number of primary amides is 1. The highest BCUT2D eigenvalue weighted by atomic mass is 32.1. The number of carbonyl (C=O) groups is 4. The molecule has 2 amide bonds. The number of hydrogen-bond donors (Lipinski definition) is 2. The Morgan fingerprint density at radius 3 is 2.39 bits per heavy atom. The van der Waals surface area contributed by atoms with Crippen LogP contribution < -0.4 is 11.1 Å². The summed E-state index contributed by atoms with van der Waals surface area (Å²) in [6.45, 7) is 5.01. The second kappa shape index (κ2) is 11.8. The number of nitrogens with one attached hydrogen (secondary N) is 1. The zero-order valence-corrected chi connectivity index (χ0v) is 18.8. The molecule has 0 saturated carbocycles. The minimum Gasteiger partial charge on any atom is -0.462 e. The molecule has 3 N–H and O–H groups in total. The number of anilines is 1. The summed E-state index contributed by atoms with van der Waals surface area (Å²) in [5, 5.41) is 2.97. The van der Waals surface area contributed by atoms with Gasteiger partial charge in [0.15, 0.2) is 0 Å². The van der Waals surface area contributed by atoms with Gasteiger partial charge in [-0.3, -0.25) is 14.5 Å². The van der Waals surface area contributed by atoms with Gasteiger partial charge in [-0.25, -0.2) is 9.59 Å². The number of ether oxygens (including phenoxy) is 3. The fourth-order valence-electron chi connectivity index (χ4n) is 3.27. The van der Waals surface area contributed by atoms with E-state index >= 15 is 0 Å². The highest BCUT2D eigenvalue weighted by Crippen LogP contribution is 2.34. The fourth-order valence-corrected chi connectivity index (χ4v) is 4.38. The van der Waals surface area contributed by atoms with Crippen LogP contribution >= 0.6 is 11.3 Å². The molecule has 11 heteroatoms. The molecule has 1 aliphatic heterocycles. The molecule has 0 bridgehead atoms. The van der Waals surface area contributed by atoms with Gasteiger partial charge in [-0.05, 0) is 45.3 Å². The molecular formula is C20H29N3O7S. The van der Waals surface area contributed by atoms with E-state index in [4.69, 9.17) is 19.9 Å². The van der Waals surface area contributed by atoms with Crippen molar-refractivity contribution >= 4 is 40.1 Å². The van der Waals surface area contributed by atoms with E-state index in [2.05, 4.69) is 5.32 Å². The zero-order valence-electron chi connectivity index (χ0n) is 18.0. The monoisotopic (exact) mass is 455 g/mol. The van der Waals surface area contributed by atoms with Crippen molar-refractivity contribution in [1.29, 1.82) is 0 Å². The van der Waals surface area contributed by atoms with Gasteiger partial charge in [0.25, 0.3) is 0 Å². The lowest BCUT2D eigenvalue weighted by molar-refractivity contribution is -0.123. The highest BCUT2D eigenvalue weighted by molar-refractivity contribution is 7.18. The zero-order chi connectivity index (χ0) is 23.0. The molecule has 0 aliphatic carbocycles. The second-order valence-electron chi connectivity index (χ2n) is 7.11. The van der Waals surface area contributed by atoms with Crippen LogP contribution in [0, 0.1) is 12.8 Å². The molecule has 0 radical (unpaired) electrons. The van der Waals surface area contributed by atoms with Crippen molar-refractivity contribution < 1.29 is 33.4 Å². The third kappa shape index (κ3) is 6.74. The van der Waals surface area contributed by atoms with Crippen LogP contribution in [-0.4, -0.2) is 75.2 Å². The van der Waals surface area contributed by atoms with Crippen LogP contribution in [0.5, 0.6) is 0 Å². The molecule has 2 heterocycles. The minimum absolute atomic E-state index is 0.0738. The molecule has 2 rings (SSSR count). The van der Waals surface area contributed by atoms with Crippen molar-refractivity contribution in [3.8, 4) is 0 Å². The van der Waals surface area contributed by atoms with Crippen molar-refractivity contribution in [2.24, 2.45) is 11.7 Å². The highest BCUT2D eigenvalue weighted by Gasteiger charge is 2.29.